The highest BCUT2D eigenvalue weighted by Gasteiger charge is 2.17. The number of para-hydroxylation sites is 1. The number of hydrogen-bond acceptors (Lipinski definition) is 4. The molecular formula is C6H6ClNO5S2. The smallest absolute Gasteiger partial charge is 0.269 e. The molecule has 1 aromatic rings. The molecule has 0 bridgehead atoms. The summed E-state index contributed by atoms with van der Waals surface area (Å²) >= 11 is 0. The fourth-order valence-corrected chi connectivity index (χ4v) is 2.45. The van der Waals surface area contributed by atoms with E-state index < -0.39 is 24.3 Å². The Bertz CT molecular complexity index is 565. The molecule has 9 heteroatoms. The van der Waals surface area contributed by atoms with Gasteiger partial charge in [0, 0.05) is 10.7 Å². The Hall–Kier alpha value is -0.830. The third kappa shape index (κ3) is 3.67. The number of nitrogens with one attached hydrogen (secondary N) is 1. The van der Waals surface area contributed by atoms with Gasteiger partial charge in [0.1, 0.15) is 4.90 Å². The van der Waals surface area contributed by atoms with Crippen molar-refractivity contribution in [3.05, 3.63) is 24.3 Å². The summed E-state index contributed by atoms with van der Waals surface area (Å²) in [7, 11) is -3.56. The first kappa shape index (κ1) is 12.2. The molecule has 0 fully saturated rings. The molecule has 0 atom stereocenters. The summed E-state index contributed by atoms with van der Waals surface area (Å²) in [4.78, 5) is -0.427. The summed E-state index contributed by atoms with van der Waals surface area (Å²) in [5, 5.41) is 0. The lowest BCUT2D eigenvalue weighted by Crippen LogP contribution is -2.12. The molecule has 0 saturated heterocycles. The molecule has 0 aromatic heterocycles. The second kappa shape index (κ2) is 3.97. The van der Waals surface area contributed by atoms with Crippen molar-refractivity contribution in [3.63, 3.8) is 0 Å². The van der Waals surface area contributed by atoms with Crippen LogP contribution in [-0.2, 0) is 19.4 Å². The fourth-order valence-electron chi connectivity index (χ4n) is 0.903. The Morgan fingerprint density at radius 3 is 2.13 bits per heavy atom. The SMILES string of the molecule is O=S(=O)(O)Nc1ccccc1S(=O)(=O)Cl. The number of rotatable bonds is 3. The summed E-state index contributed by atoms with van der Waals surface area (Å²) in [5.41, 5.74) is -0.310. The second-order valence-electron chi connectivity index (χ2n) is 2.51. The molecule has 0 aliphatic carbocycles. The van der Waals surface area contributed by atoms with Crippen LogP contribution in [0.15, 0.2) is 29.2 Å². The van der Waals surface area contributed by atoms with Crippen molar-refractivity contribution in [3.8, 4) is 0 Å². The highest BCUT2D eigenvalue weighted by atomic mass is 35.7. The number of benzene rings is 1. The Morgan fingerprint density at radius 2 is 1.67 bits per heavy atom. The minimum absolute atomic E-state index is 0.310. The highest BCUT2D eigenvalue weighted by molar-refractivity contribution is 8.13. The van der Waals surface area contributed by atoms with Crippen molar-refractivity contribution in [1.29, 1.82) is 0 Å². The fraction of sp³-hybridized carbons (Fsp3) is 0. The Kier molecular flexibility index (Phi) is 3.24. The van der Waals surface area contributed by atoms with E-state index in [-0.39, 0.29) is 5.69 Å². The van der Waals surface area contributed by atoms with Crippen molar-refractivity contribution < 1.29 is 21.4 Å². The van der Waals surface area contributed by atoms with Crippen molar-refractivity contribution in [2.45, 2.75) is 4.90 Å². The van der Waals surface area contributed by atoms with Gasteiger partial charge in [0.2, 0.25) is 0 Å². The topological polar surface area (TPSA) is 101 Å². The van der Waals surface area contributed by atoms with Crippen LogP contribution in [0.25, 0.3) is 0 Å². The molecule has 0 amide bonds. The van der Waals surface area contributed by atoms with Gasteiger partial charge in [-0.3, -0.25) is 9.27 Å². The van der Waals surface area contributed by atoms with E-state index in [9.17, 15) is 16.8 Å². The molecule has 1 rings (SSSR count). The molecule has 2 N–H and O–H groups in total. The van der Waals surface area contributed by atoms with Crippen LogP contribution in [0.3, 0.4) is 0 Å². The van der Waals surface area contributed by atoms with Crippen LogP contribution in [0, 0.1) is 0 Å². The predicted molar refractivity (Wildman–Crippen MR) is 54.7 cm³/mol. The number of halogens is 1. The van der Waals surface area contributed by atoms with Crippen LogP contribution in [0.4, 0.5) is 5.69 Å². The molecule has 6 nitrogen and oxygen atoms in total. The van der Waals surface area contributed by atoms with Crippen molar-refractivity contribution in [1.82, 2.24) is 0 Å². The van der Waals surface area contributed by atoms with Crippen LogP contribution in [0.1, 0.15) is 0 Å². The average molecular weight is 272 g/mol. The van der Waals surface area contributed by atoms with E-state index in [0.717, 1.165) is 12.1 Å². The Morgan fingerprint density at radius 1 is 1.13 bits per heavy atom. The van der Waals surface area contributed by atoms with Gasteiger partial charge in [0.15, 0.2) is 0 Å². The van der Waals surface area contributed by atoms with Gasteiger partial charge in [-0.25, -0.2) is 8.42 Å². The van der Waals surface area contributed by atoms with Crippen LogP contribution in [0.5, 0.6) is 0 Å². The summed E-state index contributed by atoms with van der Waals surface area (Å²) in [6.45, 7) is 0. The average Bonchev–Trinajstić information content (AvgIpc) is 1.99. The number of hydrogen-bond donors (Lipinski definition) is 2. The van der Waals surface area contributed by atoms with E-state index in [4.69, 9.17) is 15.2 Å². The zero-order valence-corrected chi connectivity index (χ0v) is 9.47. The van der Waals surface area contributed by atoms with Crippen LogP contribution >= 0.6 is 10.7 Å². The van der Waals surface area contributed by atoms with Crippen molar-refractivity contribution in [2.24, 2.45) is 0 Å². The predicted octanol–water partition coefficient (Wildman–Crippen LogP) is 0.829. The molecule has 15 heavy (non-hydrogen) atoms. The molecule has 0 saturated carbocycles. The minimum atomic E-state index is -4.53. The number of anilines is 1. The maximum absolute atomic E-state index is 11.0. The first-order chi connectivity index (χ1) is 6.70. The van der Waals surface area contributed by atoms with Crippen LogP contribution in [-0.4, -0.2) is 21.4 Å². The van der Waals surface area contributed by atoms with E-state index in [1.165, 1.54) is 12.1 Å². The lowest BCUT2D eigenvalue weighted by atomic mass is 10.3. The molecule has 0 radical (unpaired) electrons. The third-order valence-electron chi connectivity index (χ3n) is 1.39. The summed E-state index contributed by atoms with van der Waals surface area (Å²) in [5.74, 6) is 0. The van der Waals surface area contributed by atoms with Gasteiger partial charge in [-0.1, -0.05) is 12.1 Å². The van der Waals surface area contributed by atoms with E-state index in [1.807, 2.05) is 0 Å². The summed E-state index contributed by atoms with van der Waals surface area (Å²) in [6.07, 6.45) is 0. The second-order valence-corrected chi connectivity index (χ2v) is 6.20. The first-order valence-electron chi connectivity index (χ1n) is 3.49. The van der Waals surface area contributed by atoms with Gasteiger partial charge >= 0.3 is 10.3 Å². The van der Waals surface area contributed by atoms with Gasteiger partial charge < -0.3 is 0 Å². The van der Waals surface area contributed by atoms with E-state index in [0.29, 0.717) is 0 Å². The monoisotopic (exact) mass is 271 g/mol. The van der Waals surface area contributed by atoms with Gasteiger partial charge in [0.25, 0.3) is 9.05 Å². The Labute approximate surface area is 91.2 Å². The molecule has 0 aliphatic rings. The largest absolute Gasteiger partial charge is 0.357 e. The minimum Gasteiger partial charge on any atom is -0.269 e. The van der Waals surface area contributed by atoms with E-state index in [1.54, 1.807) is 4.72 Å². The molecule has 84 valence electrons. The van der Waals surface area contributed by atoms with E-state index >= 15 is 0 Å². The first-order valence-corrected chi connectivity index (χ1v) is 7.24. The molecule has 0 spiro atoms. The standard InChI is InChI=1S/C6H6ClNO5S2/c7-14(9,10)6-4-2-1-3-5(6)8-15(11,12)13/h1-4,8H,(H,11,12,13). The normalized spacial score (nSPS) is 12.4. The van der Waals surface area contributed by atoms with Crippen LogP contribution < -0.4 is 4.72 Å². The van der Waals surface area contributed by atoms with Gasteiger partial charge in [-0.2, -0.15) is 8.42 Å². The van der Waals surface area contributed by atoms with Gasteiger partial charge in [-0.05, 0) is 12.1 Å². The third-order valence-corrected chi connectivity index (χ3v) is 3.25. The quantitative estimate of drug-likeness (QED) is 0.626. The lowest BCUT2D eigenvalue weighted by Gasteiger charge is -2.06. The van der Waals surface area contributed by atoms with Crippen molar-refractivity contribution >= 4 is 35.7 Å². The van der Waals surface area contributed by atoms with Crippen molar-refractivity contribution in [2.75, 3.05) is 4.72 Å². The molecule has 0 aliphatic heterocycles. The maximum Gasteiger partial charge on any atom is 0.357 e. The zero-order valence-electron chi connectivity index (χ0n) is 7.08. The highest BCUT2D eigenvalue weighted by Crippen LogP contribution is 2.24. The lowest BCUT2D eigenvalue weighted by molar-refractivity contribution is 0.489. The zero-order chi connectivity index (χ0) is 11.7. The van der Waals surface area contributed by atoms with Gasteiger partial charge in [0.05, 0.1) is 5.69 Å². The molecule has 0 heterocycles. The molecule has 1 aromatic carbocycles. The summed E-state index contributed by atoms with van der Waals surface area (Å²) in [6, 6.07) is 5.02. The van der Waals surface area contributed by atoms with Crippen LogP contribution in [0.2, 0.25) is 0 Å². The molecular weight excluding hydrogens is 266 g/mol. The molecule has 0 unspecified atom stereocenters. The Balaban J connectivity index is 3.32. The van der Waals surface area contributed by atoms with E-state index in [2.05, 4.69) is 0 Å². The maximum atomic E-state index is 11.0. The summed E-state index contributed by atoms with van der Waals surface area (Å²) < 4.78 is 53.1. The van der Waals surface area contributed by atoms with Gasteiger partial charge in [-0.15, -0.1) is 0 Å².